The van der Waals surface area contributed by atoms with Gasteiger partial charge in [0.2, 0.25) is 11.2 Å². The van der Waals surface area contributed by atoms with Crippen LogP contribution in [0.3, 0.4) is 0 Å². The van der Waals surface area contributed by atoms with Crippen LogP contribution in [0.4, 0.5) is 11.8 Å². The molecule has 0 bridgehead atoms. The number of hydrogen-bond acceptors (Lipinski definition) is 4. The highest BCUT2D eigenvalue weighted by Gasteiger charge is 2.08. The van der Waals surface area contributed by atoms with Crippen LogP contribution in [-0.2, 0) is 0 Å². The van der Waals surface area contributed by atoms with Crippen molar-refractivity contribution in [2.45, 2.75) is 0 Å². The molecule has 4 rings (SSSR count). The summed E-state index contributed by atoms with van der Waals surface area (Å²) in [5, 5.41) is 3.34. The van der Waals surface area contributed by atoms with Gasteiger partial charge < -0.3 is 9.88 Å². The van der Waals surface area contributed by atoms with E-state index in [1.165, 1.54) is 0 Å². The Bertz CT molecular complexity index is 928. The maximum atomic E-state index is 5.94. The third-order valence-electron chi connectivity index (χ3n) is 3.18. The lowest BCUT2D eigenvalue weighted by atomic mass is 10.3. The molecule has 107 valence electrons. The van der Waals surface area contributed by atoms with Crippen LogP contribution < -0.4 is 5.32 Å². The Hall–Kier alpha value is -2.86. The predicted molar refractivity (Wildman–Crippen MR) is 83.7 cm³/mol. The summed E-state index contributed by atoms with van der Waals surface area (Å²) in [6, 6.07) is 14.4. The van der Waals surface area contributed by atoms with E-state index in [-0.39, 0.29) is 5.28 Å². The van der Waals surface area contributed by atoms with Gasteiger partial charge in [0.05, 0.1) is 6.20 Å². The van der Waals surface area contributed by atoms with Crippen molar-refractivity contribution in [3.63, 3.8) is 0 Å². The first-order valence-corrected chi connectivity index (χ1v) is 6.95. The molecular formula is C15H10ClN6. The van der Waals surface area contributed by atoms with Crippen LogP contribution in [0, 0.1) is 6.07 Å². The minimum Gasteiger partial charge on any atom is -0.309 e. The topological polar surface area (TPSA) is 60.0 Å². The zero-order valence-electron chi connectivity index (χ0n) is 11.3. The molecule has 1 radical (unpaired) electrons. The minimum absolute atomic E-state index is 0.187. The van der Waals surface area contributed by atoms with Crippen LogP contribution in [0.1, 0.15) is 0 Å². The Morgan fingerprint density at radius 1 is 1.14 bits per heavy atom. The van der Waals surface area contributed by atoms with Crippen molar-refractivity contribution in [1.29, 1.82) is 0 Å². The second-order valence-corrected chi connectivity index (χ2v) is 4.94. The van der Waals surface area contributed by atoms with Crippen molar-refractivity contribution in [3.05, 3.63) is 66.5 Å². The maximum Gasteiger partial charge on any atom is 0.227 e. The van der Waals surface area contributed by atoms with Gasteiger partial charge in [-0.2, -0.15) is 9.97 Å². The largest absolute Gasteiger partial charge is 0.309 e. The molecule has 4 aromatic rings. The average Bonchev–Trinajstić information content (AvgIpc) is 3.17. The summed E-state index contributed by atoms with van der Waals surface area (Å²) in [6.07, 6.45) is 5.46. The van der Waals surface area contributed by atoms with Crippen LogP contribution in [0.2, 0.25) is 5.28 Å². The number of aromatic nitrogens is 5. The fourth-order valence-electron chi connectivity index (χ4n) is 2.18. The van der Waals surface area contributed by atoms with E-state index < -0.39 is 0 Å². The smallest absolute Gasteiger partial charge is 0.227 e. The Kier molecular flexibility index (Phi) is 3.01. The molecule has 1 aromatic carbocycles. The second kappa shape index (κ2) is 5.16. The fraction of sp³-hybridized carbons (Fsp3) is 0. The highest BCUT2D eigenvalue weighted by atomic mass is 35.5. The van der Waals surface area contributed by atoms with Crippen molar-refractivity contribution in [2.75, 3.05) is 5.32 Å². The Balaban J connectivity index is 1.69. The van der Waals surface area contributed by atoms with Gasteiger partial charge in [0, 0.05) is 11.9 Å². The zero-order valence-corrected chi connectivity index (χ0v) is 12.1. The van der Waals surface area contributed by atoms with Gasteiger partial charge in [-0.25, -0.2) is 4.98 Å². The van der Waals surface area contributed by atoms with Gasteiger partial charge in [0.15, 0.2) is 5.82 Å². The molecule has 1 N–H and O–H groups in total. The van der Waals surface area contributed by atoms with E-state index in [1.807, 2.05) is 57.8 Å². The Morgan fingerprint density at radius 3 is 2.86 bits per heavy atom. The summed E-state index contributed by atoms with van der Waals surface area (Å²) < 4.78 is 3.72. The number of rotatable bonds is 3. The normalized spacial score (nSPS) is 11.0. The highest BCUT2D eigenvalue weighted by Crippen LogP contribution is 2.18. The van der Waals surface area contributed by atoms with Gasteiger partial charge in [-0.1, -0.05) is 12.1 Å². The predicted octanol–water partition coefficient (Wildman–Crippen LogP) is 3.11. The zero-order chi connectivity index (χ0) is 14.9. The van der Waals surface area contributed by atoms with Crippen molar-refractivity contribution in [3.8, 4) is 5.69 Å². The number of benzene rings is 1. The molecular weight excluding hydrogens is 300 g/mol. The van der Waals surface area contributed by atoms with E-state index >= 15 is 0 Å². The first-order chi connectivity index (χ1) is 10.8. The first-order valence-electron chi connectivity index (χ1n) is 6.58. The standard InChI is InChI=1S/C15H10ClN6/c16-14-19-13-7-4-8-22(13)15(20-14)18-12-9-21(10-17-12)11-5-2-1-3-6-11/h2-10H,(H,18,19,20). The van der Waals surface area contributed by atoms with E-state index in [2.05, 4.69) is 26.3 Å². The molecule has 0 atom stereocenters. The fourth-order valence-corrected chi connectivity index (χ4v) is 2.35. The lowest BCUT2D eigenvalue weighted by Gasteiger charge is -2.06. The summed E-state index contributed by atoms with van der Waals surface area (Å²) >= 11 is 5.94. The number of fused-ring (bicyclic) bond motifs is 1. The lowest BCUT2D eigenvalue weighted by Crippen LogP contribution is -2.03. The monoisotopic (exact) mass is 309 g/mol. The molecule has 7 heteroatoms. The van der Waals surface area contributed by atoms with Gasteiger partial charge in [-0.3, -0.25) is 4.40 Å². The number of hydrogen-bond donors (Lipinski definition) is 1. The van der Waals surface area contributed by atoms with Gasteiger partial charge >= 0.3 is 0 Å². The SMILES string of the molecule is Clc1nc(Nc2cn(-c3cc[c]cc3)cn2)n2cccc2n1. The average molecular weight is 310 g/mol. The molecule has 0 fully saturated rings. The van der Waals surface area contributed by atoms with Crippen LogP contribution in [0.15, 0.2) is 55.1 Å². The van der Waals surface area contributed by atoms with Gasteiger partial charge in [-0.05, 0) is 41.9 Å². The summed E-state index contributed by atoms with van der Waals surface area (Å²) in [6.45, 7) is 0. The van der Waals surface area contributed by atoms with Gasteiger partial charge in [0.1, 0.15) is 12.0 Å². The number of imidazole rings is 1. The Labute approximate surface area is 131 Å². The van der Waals surface area contributed by atoms with Crippen molar-refractivity contribution < 1.29 is 0 Å². The molecule has 6 nitrogen and oxygen atoms in total. The molecule has 0 aliphatic heterocycles. The van der Waals surface area contributed by atoms with Crippen molar-refractivity contribution in [2.24, 2.45) is 0 Å². The van der Waals surface area contributed by atoms with E-state index in [0.29, 0.717) is 11.8 Å². The van der Waals surface area contributed by atoms with Crippen LogP contribution >= 0.6 is 11.6 Å². The molecule has 0 spiro atoms. The summed E-state index contributed by atoms with van der Waals surface area (Å²) in [5.74, 6) is 1.23. The number of nitrogens with one attached hydrogen (secondary N) is 1. The Morgan fingerprint density at radius 2 is 2.00 bits per heavy atom. The first kappa shape index (κ1) is 12.8. The third kappa shape index (κ3) is 2.29. The summed E-state index contributed by atoms with van der Waals surface area (Å²) in [4.78, 5) is 12.7. The molecule has 0 aliphatic rings. The molecule has 0 unspecified atom stereocenters. The second-order valence-electron chi connectivity index (χ2n) is 4.60. The van der Waals surface area contributed by atoms with E-state index in [0.717, 1.165) is 11.3 Å². The summed E-state index contributed by atoms with van der Waals surface area (Å²) in [5.41, 5.74) is 1.73. The molecule has 22 heavy (non-hydrogen) atoms. The highest BCUT2D eigenvalue weighted by molar-refractivity contribution is 6.28. The van der Waals surface area contributed by atoms with Crippen LogP contribution in [-0.4, -0.2) is 23.9 Å². The molecule has 0 amide bonds. The molecule has 3 heterocycles. The number of halogens is 1. The minimum atomic E-state index is 0.187. The van der Waals surface area contributed by atoms with Gasteiger partial charge in [-0.15, -0.1) is 0 Å². The molecule has 3 aromatic heterocycles. The van der Waals surface area contributed by atoms with Crippen molar-refractivity contribution >= 4 is 29.0 Å². The van der Waals surface area contributed by atoms with E-state index in [1.54, 1.807) is 6.33 Å². The van der Waals surface area contributed by atoms with Gasteiger partial charge in [0.25, 0.3) is 0 Å². The van der Waals surface area contributed by atoms with Crippen LogP contribution in [0.5, 0.6) is 0 Å². The maximum absolute atomic E-state index is 5.94. The lowest BCUT2D eigenvalue weighted by molar-refractivity contribution is 1.03. The number of anilines is 2. The third-order valence-corrected chi connectivity index (χ3v) is 3.35. The molecule has 0 saturated carbocycles. The summed E-state index contributed by atoms with van der Waals surface area (Å²) in [7, 11) is 0. The number of nitrogens with zero attached hydrogens (tertiary/aromatic N) is 5. The van der Waals surface area contributed by atoms with Crippen molar-refractivity contribution in [1.82, 2.24) is 23.9 Å². The molecule has 0 saturated heterocycles. The van der Waals surface area contributed by atoms with E-state index in [4.69, 9.17) is 11.6 Å². The van der Waals surface area contributed by atoms with E-state index in [9.17, 15) is 0 Å². The van der Waals surface area contributed by atoms with Crippen LogP contribution in [0.25, 0.3) is 11.3 Å². The quantitative estimate of drug-likeness (QED) is 0.631. The molecule has 0 aliphatic carbocycles.